The van der Waals surface area contributed by atoms with Crippen LogP contribution in [-0.2, 0) is 16.1 Å². The molecule has 0 bridgehead atoms. The fourth-order valence-electron chi connectivity index (χ4n) is 3.11. The van der Waals surface area contributed by atoms with E-state index in [1.807, 2.05) is 6.92 Å². The minimum absolute atomic E-state index is 0.0707. The average Bonchev–Trinajstić information content (AvgIpc) is 2.69. The molecule has 9 heteroatoms. The summed E-state index contributed by atoms with van der Waals surface area (Å²) in [6, 6.07) is 2.42. The van der Waals surface area contributed by atoms with E-state index in [-0.39, 0.29) is 35.6 Å². The first-order valence-corrected chi connectivity index (χ1v) is 10.6. The van der Waals surface area contributed by atoms with E-state index in [0.29, 0.717) is 26.1 Å². The largest absolute Gasteiger partial charge is 0.489 e. The zero-order chi connectivity index (χ0) is 23.2. The second-order valence-corrected chi connectivity index (χ2v) is 8.61. The molecular formula is C22H30ClFN2O5. The fraction of sp³-hybridized carbons (Fsp3) is 0.545. The summed E-state index contributed by atoms with van der Waals surface area (Å²) in [5.41, 5.74) is -0.522. The van der Waals surface area contributed by atoms with Crippen molar-refractivity contribution in [2.24, 2.45) is 0 Å². The lowest BCUT2D eigenvalue weighted by atomic mass is 10.1. The third kappa shape index (κ3) is 7.02. The molecule has 0 radical (unpaired) electrons. The standard InChI is InChI=1S/C22H30ClFN2O5/c1-6-10-29-16-11-18(23)17(19(24)12-16)14-30-21(28)26-9-8-25(13-15(26)7-2)20(27)31-22(3,4)5/h6,11-12,15H,1,7-10,13-14H2,2-5H3/t15-/m1/s1. The lowest BCUT2D eigenvalue weighted by Gasteiger charge is -2.40. The van der Waals surface area contributed by atoms with Crippen LogP contribution in [0.1, 0.15) is 39.7 Å². The number of nitrogens with zero attached hydrogens (tertiary/aromatic N) is 2. The number of rotatable bonds is 6. The summed E-state index contributed by atoms with van der Waals surface area (Å²) in [6.45, 7) is 11.7. The Morgan fingerprint density at radius 2 is 2.00 bits per heavy atom. The van der Waals surface area contributed by atoms with Crippen molar-refractivity contribution < 1.29 is 28.2 Å². The normalized spacial score (nSPS) is 16.6. The van der Waals surface area contributed by atoms with Gasteiger partial charge in [0.15, 0.2) is 0 Å². The summed E-state index contributed by atoms with van der Waals surface area (Å²) < 4.78 is 30.4. The van der Waals surface area contributed by atoms with Gasteiger partial charge < -0.3 is 24.0 Å². The number of hydrogen-bond acceptors (Lipinski definition) is 5. The molecule has 0 spiro atoms. The van der Waals surface area contributed by atoms with Crippen molar-refractivity contribution in [2.75, 3.05) is 26.2 Å². The van der Waals surface area contributed by atoms with Gasteiger partial charge in [0.2, 0.25) is 0 Å². The van der Waals surface area contributed by atoms with E-state index >= 15 is 0 Å². The maximum Gasteiger partial charge on any atom is 0.410 e. The Labute approximate surface area is 187 Å². The Balaban J connectivity index is 1.98. The molecule has 31 heavy (non-hydrogen) atoms. The van der Waals surface area contributed by atoms with E-state index in [2.05, 4.69) is 6.58 Å². The highest BCUT2D eigenvalue weighted by Gasteiger charge is 2.34. The molecule has 172 valence electrons. The van der Waals surface area contributed by atoms with Gasteiger partial charge in [-0.05, 0) is 33.3 Å². The van der Waals surface area contributed by atoms with Crippen LogP contribution in [0.25, 0.3) is 0 Å². The number of halogens is 2. The minimum Gasteiger partial charge on any atom is -0.489 e. The van der Waals surface area contributed by atoms with Crippen LogP contribution in [0.4, 0.5) is 14.0 Å². The molecule has 1 aliphatic rings. The third-order valence-corrected chi connectivity index (χ3v) is 5.00. The van der Waals surface area contributed by atoms with Gasteiger partial charge >= 0.3 is 12.2 Å². The predicted octanol–water partition coefficient (Wildman–Crippen LogP) is 5.01. The first-order chi connectivity index (χ1) is 14.6. The third-order valence-electron chi connectivity index (χ3n) is 4.66. The smallest absolute Gasteiger partial charge is 0.410 e. The maximum absolute atomic E-state index is 14.4. The molecule has 0 aliphatic carbocycles. The molecule has 1 aromatic rings. The molecule has 1 fully saturated rings. The molecule has 2 rings (SSSR count). The Morgan fingerprint density at radius 1 is 1.29 bits per heavy atom. The summed E-state index contributed by atoms with van der Waals surface area (Å²) >= 11 is 6.14. The number of carbonyl (C=O) groups excluding carboxylic acids is 2. The first kappa shape index (κ1) is 24.8. The number of amides is 2. The van der Waals surface area contributed by atoms with Gasteiger partial charge in [-0.25, -0.2) is 14.0 Å². The highest BCUT2D eigenvalue weighted by Crippen LogP contribution is 2.27. The number of carbonyl (C=O) groups is 2. The predicted molar refractivity (Wildman–Crippen MR) is 116 cm³/mol. The van der Waals surface area contributed by atoms with Gasteiger partial charge in [-0.3, -0.25) is 0 Å². The van der Waals surface area contributed by atoms with Crippen molar-refractivity contribution >= 4 is 23.8 Å². The number of piperazine rings is 1. The van der Waals surface area contributed by atoms with Gasteiger partial charge in [0.05, 0.1) is 11.1 Å². The molecular weight excluding hydrogens is 427 g/mol. The van der Waals surface area contributed by atoms with Crippen molar-refractivity contribution in [3.63, 3.8) is 0 Å². The van der Waals surface area contributed by atoms with Crippen LogP contribution in [0.3, 0.4) is 0 Å². The van der Waals surface area contributed by atoms with Crippen molar-refractivity contribution in [3.8, 4) is 5.75 Å². The van der Waals surface area contributed by atoms with Crippen LogP contribution in [-0.4, -0.2) is 59.9 Å². The van der Waals surface area contributed by atoms with Crippen LogP contribution in [0.15, 0.2) is 24.8 Å². The van der Waals surface area contributed by atoms with Crippen molar-refractivity contribution in [3.05, 3.63) is 41.2 Å². The fourth-order valence-corrected chi connectivity index (χ4v) is 3.36. The molecule has 2 amide bonds. The van der Waals surface area contributed by atoms with E-state index in [0.717, 1.165) is 0 Å². The Bertz CT molecular complexity index is 789. The molecule has 0 N–H and O–H groups in total. The zero-order valence-electron chi connectivity index (χ0n) is 18.5. The topological polar surface area (TPSA) is 68.3 Å². The van der Waals surface area contributed by atoms with Crippen LogP contribution in [0.5, 0.6) is 5.75 Å². The van der Waals surface area contributed by atoms with Crippen molar-refractivity contribution in [2.45, 2.75) is 52.4 Å². The van der Waals surface area contributed by atoms with Gasteiger partial charge in [0.25, 0.3) is 0 Å². The monoisotopic (exact) mass is 456 g/mol. The summed E-state index contributed by atoms with van der Waals surface area (Å²) in [4.78, 5) is 28.1. The Morgan fingerprint density at radius 3 is 2.58 bits per heavy atom. The van der Waals surface area contributed by atoms with E-state index in [1.54, 1.807) is 30.6 Å². The molecule has 1 atom stereocenters. The van der Waals surface area contributed by atoms with Gasteiger partial charge in [0, 0.05) is 31.3 Å². The second-order valence-electron chi connectivity index (χ2n) is 8.20. The van der Waals surface area contributed by atoms with Gasteiger partial charge in [0.1, 0.15) is 30.4 Å². The summed E-state index contributed by atoms with van der Waals surface area (Å²) in [5.74, 6) is -0.358. The van der Waals surface area contributed by atoms with Crippen LogP contribution in [0, 0.1) is 5.82 Å². The van der Waals surface area contributed by atoms with Crippen LogP contribution >= 0.6 is 11.6 Å². The van der Waals surface area contributed by atoms with Crippen LogP contribution in [0.2, 0.25) is 5.02 Å². The number of hydrogen-bond donors (Lipinski definition) is 0. The molecule has 1 saturated heterocycles. The molecule has 0 saturated carbocycles. The SMILES string of the molecule is C=CCOc1cc(F)c(COC(=O)N2CCN(C(=O)OC(C)(C)C)C[C@H]2CC)c(Cl)c1. The highest BCUT2D eigenvalue weighted by atomic mass is 35.5. The van der Waals surface area contributed by atoms with E-state index in [4.69, 9.17) is 25.8 Å². The Kier molecular flexibility index (Phi) is 8.56. The second kappa shape index (κ2) is 10.7. The summed E-state index contributed by atoms with van der Waals surface area (Å²) in [7, 11) is 0. The van der Waals surface area contributed by atoms with E-state index in [1.165, 1.54) is 18.2 Å². The van der Waals surface area contributed by atoms with E-state index in [9.17, 15) is 14.0 Å². The van der Waals surface area contributed by atoms with E-state index < -0.39 is 23.6 Å². The summed E-state index contributed by atoms with van der Waals surface area (Å²) in [5, 5.41) is 0.105. The molecule has 0 unspecified atom stereocenters. The van der Waals surface area contributed by atoms with Crippen LogP contribution < -0.4 is 4.74 Å². The first-order valence-electron chi connectivity index (χ1n) is 10.2. The Hall–Kier alpha value is -2.48. The minimum atomic E-state index is -0.624. The molecule has 7 nitrogen and oxygen atoms in total. The van der Waals surface area contributed by atoms with Gasteiger partial charge in [-0.2, -0.15) is 0 Å². The number of ether oxygens (including phenoxy) is 3. The van der Waals surface area contributed by atoms with Gasteiger partial charge in [-0.1, -0.05) is 31.2 Å². The molecule has 0 aromatic heterocycles. The number of benzene rings is 1. The maximum atomic E-state index is 14.4. The van der Waals surface area contributed by atoms with Crippen molar-refractivity contribution in [1.82, 2.24) is 9.80 Å². The molecule has 1 aromatic carbocycles. The molecule has 1 aliphatic heterocycles. The summed E-state index contributed by atoms with van der Waals surface area (Å²) in [6.07, 6.45) is 1.16. The lowest BCUT2D eigenvalue weighted by molar-refractivity contribution is 0.000635. The highest BCUT2D eigenvalue weighted by molar-refractivity contribution is 6.31. The van der Waals surface area contributed by atoms with Crippen molar-refractivity contribution in [1.29, 1.82) is 0 Å². The quantitative estimate of drug-likeness (QED) is 0.563. The average molecular weight is 457 g/mol. The van der Waals surface area contributed by atoms with Gasteiger partial charge in [-0.15, -0.1) is 0 Å². The lowest BCUT2D eigenvalue weighted by Crippen LogP contribution is -2.57. The molecule has 1 heterocycles. The zero-order valence-corrected chi connectivity index (χ0v) is 19.2.